The van der Waals surface area contributed by atoms with E-state index in [1.165, 1.54) is 11.3 Å². The number of benzene rings is 1. The number of aromatic nitrogens is 3. The number of hydrogen-bond acceptors (Lipinski definition) is 4. The van der Waals surface area contributed by atoms with E-state index in [9.17, 15) is 0 Å². The number of aliphatic hydroxyl groups is 1. The Morgan fingerprint density at radius 1 is 1.29 bits per heavy atom. The monoisotopic (exact) mass is 245 g/mol. The van der Waals surface area contributed by atoms with E-state index in [-0.39, 0.29) is 6.61 Å². The third kappa shape index (κ3) is 2.07. The normalized spacial score (nSPS) is 11.1. The number of para-hydroxylation sites is 2. The standard InChI is InChI=1S/C12H11N3OS/c16-7-8-6-13-12(17-8)5-11-14-9-3-1-2-4-10(9)15-11/h1-4,6,16H,5,7H2,(H,14,15). The summed E-state index contributed by atoms with van der Waals surface area (Å²) in [4.78, 5) is 12.9. The van der Waals surface area contributed by atoms with Crippen LogP contribution in [0.15, 0.2) is 30.5 Å². The maximum atomic E-state index is 8.98. The molecular formula is C12H11N3OS. The number of fused-ring (bicyclic) bond motifs is 1. The molecule has 3 aromatic rings. The lowest BCUT2D eigenvalue weighted by Crippen LogP contribution is -1.88. The zero-order chi connectivity index (χ0) is 11.7. The van der Waals surface area contributed by atoms with Crippen molar-refractivity contribution < 1.29 is 5.11 Å². The van der Waals surface area contributed by atoms with Gasteiger partial charge in [-0.15, -0.1) is 11.3 Å². The van der Waals surface area contributed by atoms with Crippen LogP contribution in [-0.2, 0) is 13.0 Å². The summed E-state index contributed by atoms with van der Waals surface area (Å²) in [5.41, 5.74) is 2.02. The van der Waals surface area contributed by atoms with Gasteiger partial charge >= 0.3 is 0 Å². The molecule has 0 amide bonds. The maximum absolute atomic E-state index is 8.98. The van der Waals surface area contributed by atoms with Crippen molar-refractivity contribution in [3.8, 4) is 0 Å². The molecule has 0 saturated carbocycles. The fraction of sp³-hybridized carbons (Fsp3) is 0.167. The third-order valence-corrected chi connectivity index (χ3v) is 3.50. The van der Waals surface area contributed by atoms with Crippen molar-refractivity contribution in [2.45, 2.75) is 13.0 Å². The second-order valence-electron chi connectivity index (χ2n) is 3.76. The van der Waals surface area contributed by atoms with E-state index in [2.05, 4.69) is 15.0 Å². The lowest BCUT2D eigenvalue weighted by atomic mass is 10.3. The zero-order valence-electron chi connectivity index (χ0n) is 9.05. The van der Waals surface area contributed by atoms with Crippen LogP contribution < -0.4 is 0 Å². The molecule has 0 aliphatic heterocycles. The van der Waals surface area contributed by atoms with Gasteiger partial charge in [0.05, 0.1) is 28.9 Å². The molecule has 0 unspecified atom stereocenters. The number of nitrogens with one attached hydrogen (secondary N) is 1. The van der Waals surface area contributed by atoms with Gasteiger partial charge in [0.15, 0.2) is 0 Å². The van der Waals surface area contributed by atoms with Gasteiger partial charge in [0.2, 0.25) is 0 Å². The molecule has 2 N–H and O–H groups in total. The summed E-state index contributed by atoms with van der Waals surface area (Å²) < 4.78 is 0. The Balaban J connectivity index is 1.89. The minimum absolute atomic E-state index is 0.0534. The van der Waals surface area contributed by atoms with E-state index in [0.29, 0.717) is 6.42 Å². The predicted molar refractivity (Wildman–Crippen MR) is 66.9 cm³/mol. The van der Waals surface area contributed by atoms with Gasteiger partial charge < -0.3 is 10.1 Å². The number of thiazole rings is 1. The quantitative estimate of drug-likeness (QED) is 0.743. The molecule has 0 aliphatic carbocycles. The predicted octanol–water partition coefficient (Wildman–Crippen LogP) is 2.10. The van der Waals surface area contributed by atoms with E-state index < -0.39 is 0 Å². The number of aromatic amines is 1. The highest BCUT2D eigenvalue weighted by atomic mass is 32.1. The first kappa shape index (κ1) is 10.4. The Hall–Kier alpha value is -1.72. The molecule has 0 bridgehead atoms. The van der Waals surface area contributed by atoms with Gasteiger partial charge in [-0.1, -0.05) is 12.1 Å². The molecule has 86 valence electrons. The van der Waals surface area contributed by atoms with Crippen molar-refractivity contribution in [1.82, 2.24) is 15.0 Å². The SMILES string of the molecule is OCc1cnc(Cc2nc3ccccc3[nH]2)s1. The molecule has 0 atom stereocenters. The molecule has 17 heavy (non-hydrogen) atoms. The van der Waals surface area contributed by atoms with E-state index in [4.69, 9.17) is 5.11 Å². The minimum Gasteiger partial charge on any atom is -0.391 e. The highest BCUT2D eigenvalue weighted by molar-refractivity contribution is 7.11. The summed E-state index contributed by atoms with van der Waals surface area (Å²) in [5, 5.41) is 9.94. The van der Waals surface area contributed by atoms with Crippen LogP contribution in [0.4, 0.5) is 0 Å². The van der Waals surface area contributed by atoms with Crippen molar-refractivity contribution in [3.63, 3.8) is 0 Å². The first-order chi connectivity index (χ1) is 8.35. The summed E-state index contributed by atoms with van der Waals surface area (Å²) in [5.74, 6) is 0.907. The third-order valence-electron chi connectivity index (χ3n) is 2.51. The molecule has 2 aromatic heterocycles. The second-order valence-corrected chi connectivity index (χ2v) is 4.96. The van der Waals surface area contributed by atoms with E-state index in [1.807, 2.05) is 24.3 Å². The number of aliphatic hydroxyl groups excluding tert-OH is 1. The van der Waals surface area contributed by atoms with Gasteiger partial charge in [0.25, 0.3) is 0 Å². The molecule has 0 spiro atoms. The van der Waals surface area contributed by atoms with Crippen LogP contribution in [0, 0.1) is 0 Å². The Labute approximate surface area is 102 Å². The lowest BCUT2D eigenvalue weighted by Gasteiger charge is -1.90. The molecule has 1 aromatic carbocycles. The van der Waals surface area contributed by atoms with Crippen molar-refractivity contribution >= 4 is 22.4 Å². The van der Waals surface area contributed by atoms with Crippen molar-refractivity contribution in [2.75, 3.05) is 0 Å². The zero-order valence-corrected chi connectivity index (χ0v) is 9.87. The molecule has 0 saturated heterocycles. The fourth-order valence-corrected chi connectivity index (χ4v) is 2.52. The summed E-state index contributed by atoms with van der Waals surface area (Å²) in [6.45, 7) is 0.0534. The summed E-state index contributed by atoms with van der Waals surface area (Å²) in [6.07, 6.45) is 2.39. The molecule has 0 radical (unpaired) electrons. The number of imidazole rings is 1. The van der Waals surface area contributed by atoms with Gasteiger partial charge in [-0.3, -0.25) is 0 Å². The largest absolute Gasteiger partial charge is 0.391 e. The Kier molecular flexibility index (Phi) is 2.62. The Morgan fingerprint density at radius 3 is 2.94 bits per heavy atom. The van der Waals surface area contributed by atoms with Gasteiger partial charge in [-0.25, -0.2) is 9.97 Å². The van der Waals surface area contributed by atoms with Crippen LogP contribution in [0.3, 0.4) is 0 Å². The summed E-state index contributed by atoms with van der Waals surface area (Å²) >= 11 is 1.52. The molecule has 4 nitrogen and oxygen atoms in total. The molecular weight excluding hydrogens is 234 g/mol. The van der Waals surface area contributed by atoms with Crippen LogP contribution in [0.1, 0.15) is 15.7 Å². The average molecular weight is 245 g/mol. The molecule has 3 rings (SSSR count). The highest BCUT2D eigenvalue weighted by Crippen LogP contribution is 2.17. The van der Waals surface area contributed by atoms with Gasteiger partial charge in [0.1, 0.15) is 10.8 Å². The second kappa shape index (κ2) is 4.27. The highest BCUT2D eigenvalue weighted by Gasteiger charge is 2.06. The molecule has 2 heterocycles. The number of nitrogens with zero attached hydrogens (tertiary/aromatic N) is 2. The fourth-order valence-electron chi connectivity index (χ4n) is 1.74. The van der Waals surface area contributed by atoms with Gasteiger partial charge in [-0.2, -0.15) is 0 Å². The number of hydrogen-bond donors (Lipinski definition) is 2. The van der Waals surface area contributed by atoms with Crippen molar-refractivity contribution in [3.05, 3.63) is 46.2 Å². The van der Waals surface area contributed by atoms with E-state index in [1.54, 1.807) is 6.20 Å². The van der Waals surface area contributed by atoms with Crippen LogP contribution >= 0.6 is 11.3 Å². The Bertz CT molecular complexity index is 611. The number of rotatable bonds is 3. The van der Waals surface area contributed by atoms with E-state index in [0.717, 1.165) is 26.7 Å². The molecule has 0 aliphatic rings. The van der Waals surface area contributed by atoms with E-state index >= 15 is 0 Å². The maximum Gasteiger partial charge on any atom is 0.114 e. The Morgan fingerprint density at radius 2 is 2.18 bits per heavy atom. The topological polar surface area (TPSA) is 61.8 Å². The first-order valence-electron chi connectivity index (χ1n) is 5.33. The smallest absolute Gasteiger partial charge is 0.114 e. The molecule has 5 heteroatoms. The summed E-state index contributed by atoms with van der Waals surface area (Å²) in [7, 11) is 0. The van der Waals surface area contributed by atoms with Crippen LogP contribution in [0.2, 0.25) is 0 Å². The summed E-state index contributed by atoms with van der Waals surface area (Å²) in [6, 6.07) is 7.95. The van der Waals surface area contributed by atoms with Crippen LogP contribution in [-0.4, -0.2) is 20.1 Å². The van der Waals surface area contributed by atoms with Crippen LogP contribution in [0.5, 0.6) is 0 Å². The first-order valence-corrected chi connectivity index (χ1v) is 6.15. The molecule has 0 fully saturated rings. The minimum atomic E-state index is 0.0534. The van der Waals surface area contributed by atoms with Crippen LogP contribution in [0.25, 0.3) is 11.0 Å². The lowest BCUT2D eigenvalue weighted by molar-refractivity contribution is 0.285. The van der Waals surface area contributed by atoms with Gasteiger partial charge in [-0.05, 0) is 12.1 Å². The van der Waals surface area contributed by atoms with Crippen molar-refractivity contribution in [2.24, 2.45) is 0 Å². The average Bonchev–Trinajstić information content (AvgIpc) is 2.94. The van der Waals surface area contributed by atoms with Gasteiger partial charge in [0, 0.05) is 6.20 Å². The number of H-pyrrole nitrogens is 1. The van der Waals surface area contributed by atoms with Crippen molar-refractivity contribution in [1.29, 1.82) is 0 Å².